The molecule has 0 radical (unpaired) electrons. The lowest BCUT2D eigenvalue weighted by molar-refractivity contribution is 0.200. The van der Waals surface area contributed by atoms with E-state index in [4.69, 9.17) is 22.1 Å². The molecule has 15 heavy (non-hydrogen) atoms. The Hall–Kier alpha value is -0.380. The minimum atomic E-state index is 0.628. The van der Waals surface area contributed by atoms with Crippen molar-refractivity contribution in [2.45, 2.75) is 12.2 Å². The Morgan fingerprint density at radius 1 is 1.47 bits per heavy atom. The van der Waals surface area contributed by atoms with Crippen molar-refractivity contribution in [1.29, 1.82) is 0 Å². The maximum Gasteiger partial charge on any atom is 0.0635 e. The van der Waals surface area contributed by atoms with Crippen molar-refractivity contribution < 1.29 is 4.74 Å². The van der Waals surface area contributed by atoms with Gasteiger partial charge >= 0.3 is 0 Å². The van der Waals surface area contributed by atoms with Gasteiger partial charge in [-0.15, -0.1) is 0 Å². The first-order valence-electron chi connectivity index (χ1n) is 4.84. The molecule has 1 aromatic rings. The Morgan fingerprint density at radius 3 is 2.93 bits per heavy atom. The fraction of sp³-hybridized carbons (Fsp3) is 0.455. The van der Waals surface area contributed by atoms with Crippen LogP contribution in [0.4, 0.5) is 5.69 Å². The van der Waals surface area contributed by atoms with Crippen molar-refractivity contribution in [1.82, 2.24) is 0 Å². The first kappa shape index (κ1) is 12.7. The normalized spacial score (nSPS) is 10.5. The van der Waals surface area contributed by atoms with Crippen molar-refractivity contribution in [3.05, 3.63) is 28.8 Å². The summed E-state index contributed by atoms with van der Waals surface area (Å²) in [4.78, 5) is 0. The van der Waals surface area contributed by atoms with Crippen LogP contribution < -0.4 is 5.73 Å². The van der Waals surface area contributed by atoms with Crippen LogP contribution in [0.5, 0.6) is 0 Å². The van der Waals surface area contributed by atoms with Crippen LogP contribution in [0.1, 0.15) is 12.0 Å². The van der Waals surface area contributed by atoms with Crippen molar-refractivity contribution in [3.8, 4) is 0 Å². The molecular weight excluding hydrogens is 230 g/mol. The number of rotatable bonds is 6. The highest BCUT2D eigenvalue weighted by Gasteiger charge is 1.98. The van der Waals surface area contributed by atoms with E-state index in [2.05, 4.69) is 0 Å². The van der Waals surface area contributed by atoms with E-state index in [1.165, 1.54) is 5.56 Å². The monoisotopic (exact) mass is 245 g/mol. The molecule has 0 bridgehead atoms. The Labute approximate surface area is 100 Å². The summed E-state index contributed by atoms with van der Waals surface area (Å²) in [6.07, 6.45) is 1.09. The summed E-state index contributed by atoms with van der Waals surface area (Å²) in [5.74, 6) is 2.08. The van der Waals surface area contributed by atoms with Crippen molar-refractivity contribution >= 4 is 29.1 Å². The number of halogens is 1. The number of anilines is 1. The number of benzene rings is 1. The van der Waals surface area contributed by atoms with Gasteiger partial charge in [0, 0.05) is 19.5 Å². The molecule has 0 aliphatic rings. The molecule has 0 fully saturated rings. The molecule has 0 aliphatic carbocycles. The zero-order valence-corrected chi connectivity index (χ0v) is 10.4. The number of thioether (sulfide) groups is 1. The molecule has 0 aliphatic heterocycles. The molecule has 0 amide bonds. The van der Waals surface area contributed by atoms with Crippen LogP contribution in [0.3, 0.4) is 0 Å². The van der Waals surface area contributed by atoms with Crippen LogP contribution in [0.2, 0.25) is 5.02 Å². The van der Waals surface area contributed by atoms with Gasteiger partial charge in [-0.1, -0.05) is 17.7 Å². The molecule has 1 aromatic carbocycles. The molecule has 2 nitrogen and oxygen atoms in total. The average Bonchev–Trinajstić information content (AvgIpc) is 2.23. The summed E-state index contributed by atoms with van der Waals surface area (Å²) >= 11 is 7.72. The first-order chi connectivity index (χ1) is 7.24. The minimum Gasteiger partial charge on any atom is -0.398 e. The van der Waals surface area contributed by atoms with Gasteiger partial charge in [0.1, 0.15) is 0 Å². The molecule has 0 saturated heterocycles. The van der Waals surface area contributed by atoms with E-state index >= 15 is 0 Å². The second-order valence-electron chi connectivity index (χ2n) is 3.25. The summed E-state index contributed by atoms with van der Waals surface area (Å²) in [6.45, 7) is 0.829. The van der Waals surface area contributed by atoms with Gasteiger partial charge in [0.15, 0.2) is 0 Å². The van der Waals surface area contributed by atoms with E-state index in [0.29, 0.717) is 10.7 Å². The second-order valence-corrected chi connectivity index (χ2v) is 4.77. The van der Waals surface area contributed by atoms with Gasteiger partial charge in [-0.2, -0.15) is 11.8 Å². The van der Waals surface area contributed by atoms with Crippen LogP contribution in [0, 0.1) is 0 Å². The number of hydrogen-bond acceptors (Lipinski definition) is 3. The summed E-state index contributed by atoms with van der Waals surface area (Å²) in [7, 11) is 1.73. The third-order valence-electron chi connectivity index (χ3n) is 1.97. The highest BCUT2D eigenvalue weighted by molar-refractivity contribution is 7.98. The largest absolute Gasteiger partial charge is 0.398 e. The van der Waals surface area contributed by atoms with Crippen LogP contribution >= 0.6 is 23.4 Å². The molecule has 0 unspecified atom stereocenters. The van der Waals surface area contributed by atoms with E-state index in [1.807, 2.05) is 30.0 Å². The molecular formula is C11H16ClNOS. The van der Waals surface area contributed by atoms with Gasteiger partial charge in [-0.05, 0) is 29.9 Å². The number of methoxy groups -OCH3 is 1. The average molecular weight is 246 g/mol. The van der Waals surface area contributed by atoms with Crippen LogP contribution in [-0.2, 0) is 10.5 Å². The van der Waals surface area contributed by atoms with E-state index in [9.17, 15) is 0 Å². The van der Waals surface area contributed by atoms with Crippen LogP contribution in [0.25, 0.3) is 0 Å². The van der Waals surface area contributed by atoms with E-state index < -0.39 is 0 Å². The Balaban J connectivity index is 2.28. The number of nitrogen functional groups attached to an aromatic ring is 1. The lowest BCUT2D eigenvalue weighted by atomic mass is 10.2. The van der Waals surface area contributed by atoms with E-state index in [-0.39, 0.29) is 0 Å². The molecule has 1 rings (SSSR count). The summed E-state index contributed by atoms with van der Waals surface area (Å²) in [5.41, 5.74) is 7.59. The Morgan fingerprint density at radius 2 is 2.27 bits per heavy atom. The van der Waals surface area contributed by atoms with Gasteiger partial charge in [-0.25, -0.2) is 0 Å². The second kappa shape index (κ2) is 6.99. The number of ether oxygens (including phenoxy) is 1. The zero-order valence-electron chi connectivity index (χ0n) is 8.83. The predicted molar refractivity (Wildman–Crippen MR) is 68.5 cm³/mol. The molecule has 0 heterocycles. The topological polar surface area (TPSA) is 35.2 Å². The summed E-state index contributed by atoms with van der Waals surface area (Å²) in [6, 6.07) is 5.80. The summed E-state index contributed by atoms with van der Waals surface area (Å²) in [5, 5.41) is 0.628. The molecule has 2 N–H and O–H groups in total. The molecule has 0 atom stereocenters. The van der Waals surface area contributed by atoms with Crippen molar-refractivity contribution in [2.24, 2.45) is 0 Å². The van der Waals surface area contributed by atoms with Gasteiger partial charge < -0.3 is 10.5 Å². The highest BCUT2D eigenvalue weighted by Crippen LogP contribution is 2.22. The lowest BCUT2D eigenvalue weighted by Crippen LogP contribution is -1.92. The van der Waals surface area contributed by atoms with Gasteiger partial charge in [-0.3, -0.25) is 0 Å². The lowest BCUT2D eigenvalue weighted by Gasteiger charge is -2.04. The van der Waals surface area contributed by atoms with Gasteiger partial charge in [0.2, 0.25) is 0 Å². The van der Waals surface area contributed by atoms with Crippen molar-refractivity contribution in [3.63, 3.8) is 0 Å². The Kier molecular flexibility index (Phi) is 5.91. The zero-order chi connectivity index (χ0) is 11.1. The van der Waals surface area contributed by atoms with Crippen molar-refractivity contribution in [2.75, 3.05) is 25.2 Å². The maximum atomic E-state index is 5.83. The molecule has 0 saturated carbocycles. The highest BCUT2D eigenvalue weighted by atomic mass is 35.5. The summed E-state index contributed by atoms with van der Waals surface area (Å²) < 4.78 is 4.98. The fourth-order valence-corrected chi connectivity index (χ4v) is 2.18. The third-order valence-corrected chi connectivity index (χ3v) is 3.43. The van der Waals surface area contributed by atoms with Gasteiger partial charge in [0.25, 0.3) is 0 Å². The molecule has 0 aromatic heterocycles. The van der Waals surface area contributed by atoms with Crippen LogP contribution in [-0.4, -0.2) is 19.5 Å². The van der Waals surface area contributed by atoms with Crippen LogP contribution in [0.15, 0.2) is 18.2 Å². The Bertz CT molecular complexity index is 307. The minimum absolute atomic E-state index is 0.628. The molecule has 84 valence electrons. The first-order valence-corrected chi connectivity index (χ1v) is 6.38. The molecule has 0 spiro atoms. The predicted octanol–water partition coefficient (Wildman–Crippen LogP) is 3.19. The SMILES string of the molecule is COCCCSCc1ccc(Cl)c(N)c1. The standard InChI is InChI=1S/C11H16ClNOS/c1-14-5-2-6-15-8-9-3-4-10(12)11(13)7-9/h3-4,7H,2,5-6,8,13H2,1H3. The maximum absolute atomic E-state index is 5.83. The fourth-order valence-electron chi connectivity index (χ4n) is 1.18. The number of hydrogen-bond donors (Lipinski definition) is 1. The van der Waals surface area contributed by atoms with Gasteiger partial charge in [0.05, 0.1) is 10.7 Å². The third kappa shape index (κ3) is 4.78. The smallest absolute Gasteiger partial charge is 0.0635 e. The van der Waals surface area contributed by atoms with E-state index in [1.54, 1.807) is 7.11 Å². The quantitative estimate of drug-likeness (QED) is 0.618. The number of nitrogens with two attached hydrogens (primary N) is 1. The molecule has 4 heteroatoms. The van der Waals surface area contributed by atoms with E-state index in [0.717, 1.165) is 24.5 Å².